The number of aldehydes is 1. The van der Waals surface area contributed by atoms with Crippen LogP contribution in [0.5, 0.6) is 0 Å². The molecule has 1 aromatic rings. The molecule has 0 radical (unpaired) electrons. The van der Waals surface area contributed by atoms with Gasteiger partial charge in [-0.2, -0.15) is 0 Å². The van der Waals surface area contributed by atoms with Crippen LogP contribution in [0, 0.1) is 6.92 Å². The fraction of sp³-hybridized carbons (Fsp3) is 0.273. The van der Waals surface area contributed by atoms with Gasteiger partial charge in [0.05, 0.1) is 0 Å². The number of aliphatic imine (C=N–C) groups is 1. The zero-order valence-corrected chi connectivity index (χ0v) is 15.7. The van der Waals surface area contributed by atoms with Crippen LogP contribution in [-0.4, -0.2) is 12.1 Å². The highest BCUT2D eigenvalue weighted by atomic mass is 16.1. The van der Waals surface area contributed by atoms with Crippen molar-refractivity contribution in [1.29, 1.82) is 0 Å². The second-order valence-corrected chi connectivity index (χ2v) is 5.70. The highest BCUT2D eigenvalue weighted by Gasteiger charge is 2.10. The molecule has 132 valence electrons. The fourth-order valence-corrected chi connectivity index (χ4v) is 2.38. The Bertz CT molecular complexity index is 736. The number of allylic oxidation sites excluding steroid dienone is 4. The van der Waals surface area contributed by atoms with E-state index in [1.807, 2.05) is 26.0 Å². The molecule has 3 nitrogen and oxygen atoms in total. The van der Waals surface area contributed by atoms with Crippen molar-refractivity contribution in [2.24, 2.45) is 4.99 Å². The maximum atomic E-state index is 11.1. The number of aryl methyl sites for hydroxylation is 1. The van der Waals surface area contributed by atoms with Crippen molar-refractivity contribution in [3.8, 4) is 0 Å². The Hall–Kier alpha value is -2.68. The van der Waals surface area contributed by atoms with Gasteiger partial charge in [-0.1, -0.05) is 45.2 Å². The molecule has 1 aromatic carbocycles. The van der Waals surface area contributed by atoms with Gasteiger partial charge in [-0.25, -0.2) is 4.99 Å². The topological polar surface area (TPSA) is 41.5 Å². The molecule has 0 amide bonds. The summed E-state index contributed by atoms with van der Waals surface area (Å²) < 4.78 is 0. The normalized spacial score (nSPS) is 12.7. The first-order chi connectivity index (χ1) is 12.0. The predicted octanol–water partition coefficient (Wildman–Crippen LogP) is 6.01. The number of rotatable bonds is 8. The van der Waals surface area contributed by atoms with Crippen LogP contribution < -0.4 is 5.32 Å². The smallest absolute Gasteiger partial charge is 0.150 e. The van der Waals surface area contributed by atoms with E-state index in [-0.39, 0.29) is 0 Å². The Labute approximate surface area is 151 Å². The predicted molar refractivity (Wildman–Crippen MR) is 109 cm³/mol. The Morgan fingerprint density at radius 2 is 2.00 bits per heavy atom. The molecule has 1 N–H and O–H groups in total. The van der Waals surface area contributed by atoms with E-state index in [0.29, 0.717) is 5.56 Å². The Morgan fingerprint density at radius 3 is 2.52 bits per heavy atom. The summed E-state index contributed by atoms with van der Waals surface area (Å²) in [5.41, 5.74) is 5.78. The number of amidine groups is 1. The lowest BCUT2D eigenvalue weighted by molar-refractivity contribution is 0.112. The summed E-state index contributed by atoms with van der Waals surface area (Å²) in [5.74, 6) is 0.729. The lowest BCUT2D eigenvalue weighted by Crippen LogP contribution is -2.16. The third-order valence-electron chi connectivity index (χ3n) is 4.03. The van der Waals surface area contributed by atoms with Gasteiger partial charge in [-0.15, -0.1) is 0 Å². The second-order valence-electron chi connectivity index (χ2n) is 5.70. The van der Waals surface area contributed by atoms with Gasteiger partial charge in [0.25, 0.3) is 0 Å². The van der Waals surface area contributed by atoms with E-state index in [4.69, 9.17) is 0 Å². The van der Waals surface area contributed by atoms with Crippen LogP contribution in [0.25, 0.3) is 0 Å². The van der Waals surface area contributed by atoms with E-state index in [9.17, 15) is 4.79 Å². The number of nitrogens with one attached hydrogen (secondary N) is 1. The third-order valence-corrected chi connectivity index (χ3v) is 4.03. The summed E-state index contributed by atoms with van der Waals surface area (Å²) in [5, 5.41) is 3.36. The lowest BCUT2D eigenvalue weighted by Gasteiger charge is -2.15. The Morgan fingerprint density at radius 1 is 1.28 bits per heavy atom. The molecule has 25 heavy (non-hydrogen) atoms. The van der Waals surface area contributed by atoms with Gasteiger partial charge in [0, 0.05) is 17.5 Å². The molecule has 0 aliphatic heterocycles. The average molecular weight is 336 g/mol. The van der Waals surface area contributed by atoms with Gasteiger partial charge in [0.2, 0.25) is 0 Å². The molecule has 3 heteroatoms. The van der Waals surface area contributed by atoms with Crippen molar-refractivity contribution in [2.75, 3.05) is 5.32 Å². The molecule has 1 rings (SSSR count). The highest BCUT2D eigenvalue weighted by molar-refractivity contribution is 6.09. The first-order valence-corrected chi connectivity index (χ1v) is 8.57. The minimum absolute atomic E-state index is 0.626. The van der Waals surface area contributed by atoms with Crippen LogP contribution in [-0.2, 0) is 0 Å². The number of hydrogen-bond acceptors (Lipinski definition) is 2. The Balaban J connectivity index is 3.30. The number of benzene rings is 1. The number of nitrogens with zero attached hydrogens (tertiary/aromatic N) is 1. The molecule has 0 unspecified atom stereocenters. The molecule has 0 aromatic heterocycles. The van der Waals surface area contributed by atoms with Crippen LogP contribution in [0.2, 0.25) is 0 Å². The SMILES string of the molecule is C=CN=C(Nc1cc(C=O)ccc1C)/C(=C/C(=C\C)C(=C)CC)CC. The van der Waals surface area contributed by atoms with Crippen molar-refractivity contribution in [2.45, 2.75) is 40.5 Å². The highest BCUT2D eigenvalue weighted by Crippen LogP contribution is 2.21. The summed E-state index contributed by atoms with van der Waals surface area (Å²) >= 11 is 0. The molecule has 0 saturated carbocycles. The minimum atomic E-state index is 0.626. The fourth-order valence-electron chi connectivity index (χ4n) is 2.38. The molecular weight excluding hydrogens is 308 g/mol. The molecule has 0 aliphatic carbocycles. The molecule has 0 spiro atoms. The molecule has 0 heterocycles. The molecule has 0 bridgehead atoms. The van der Waals surface area contributed by atoms with Crippen molar-refractivity contribution >= 4 is 17.8 Å². The minimum Gasteiger partial charge on any atom is -0.340 e. The van der Waals surface area contributed by atoms with Crippen molar-refractivity contribution in [1.82, 2.24) is 0 Å². The van der Waals surface area contributed by atoms with Crippen molar-refractivity contribution < 1.29 is 4.79 Å². The van der Waals surface area contributed by atoms with E-state index in [0.717, 1.165) is 52.9 Å². The number of carbonyl (C=O) groups excluding carboxylic acids is 1. The van der Waals surface area contributed by atoms with E-state index in [1.165, 1.54) is 6.20 Å². The van der Waals surface area contributed by atoms with Crippen LogP contribution in [0.15, 0.2) is 71.4 Å². The average Bonchev–Trinajstić information content (AvgIpc) is 2.63. The monoisotopic (exact) mass is 336 g/mol. The number of carbonyl (C=O) groups is 1. The van der Waals surface area contributed by atoms with Gasteiger partial charge < -0.3 is 5.32 Å². The lowest BCUT2D eigenvalue weighted by atomic mass is 10.00. The molecule has 0 fully saturated rings. The third kappa shape index (κ3) is 5.71. The van der Waals surface area contributed by atoms with E-state index < -0.39 is 0 Å². The van der Waals surface area contributed by atoms with Gasteiger partial charge in [-0.05, 0) is 61.1 Å². The summed E-state index contributed by atoms with van der Waals surface area (Å²) in [7, 11) is 0. The van der Waals surface area contributed by atoms with Crippen LogP contribution >= 0.6 is 0 Å². The summed E-state index contributed by atoms with van der Waals surface area (Å²) in [6.07, 6.45) is 8.24. The zero-order chi connectivity index (χ0) is 18.8. The molecule has 0 atom stereocenters. The van der Waals surface area contributed by atoms with Gasteiger partial charge in [0.1, 0.15) is 12.1 Å². The van der Waals surface area contributed by atoms with E-state index >= 15 is 0 Å². The quantitative estimate of drug-likeness (QED) is 0.273. The Kier molecular flexibility index (Phi) is 8.34. The van der Waals surface area contributed by atoms with E-state index in [2.05, 4.69) is 49.5 Å². The van der Waals surface area contributed by atoms with E-state index in [1.54, 1.807) is 6.07 Å². The van der Waals surface area contributed by atoms with Crippen LogP contribution in [0.3, 0.4) is 0 Å². The van der Waals surface area contributed by atoms with Gasteiger partial charge in [-0.3, -0.25) is 4.79 Å². The van der Waals surface area contributed by atoms with Crippen LogP contribution in [0.4, 0.5) is 5.69 Å². The molecular formula is C22H28N2O. The van der Waals surface area contributed by atoms with Crippen LogP contribution in [0.1, 0.15) is 49.5 Å². The molecule has 0 aliphatic rings. The maximum absolute atomic E-state index is 11.1. The van der Waals surface area contributed by atoms with Gasteiger partial charge in [0.15, 0.2) is 0 Å². The van der Waals surface area contributed by atoms with Crippen molar-refractivity contribution in [3.63, 3.8) is 0 Å². The number of hydrogen-bond donors (Lipinski definition) is 1. The second kappa shape index (κ2) is 10.2. The summed E-state index contributed by atoms with van der Waals surface area (Å²) in [4.78, 5) is 15.5. The van der Waals surface area contributed by atoms with Crippen molar-refractivity contribution in [3.05, 3.63) is 77.6 Å². The molecule has 0 saturated heterocycles. The first-order valence-electron chi connectivity index (χ1n) is 8.57. The standard InChI is InChI=1S/C22H28N2O/c1-7-16(5)19(8-2)14-20(9-3)22(23-10-4)24-21-13-18(15-25)12-11-17(21)6/h8,10-15H,4-5,7,9H2,1-3,6H3,(H,23,24)/b19-8+,20-14+. The summed E-state index contributed by atoms with van der Waals surface area (Å²) in [6.45, 7) is 16.0. The van der Waals surface area contributed by atoms with Gasteiger partial charge >= 0.3 is 0 Å². The maximum Gasteiger partial charge on any atom is 0.150 e. The largest absolute Gasteiger partial charge is 0.340 e. The first kappa shape index (κ1) is 20.4. The zero-order valence-electron chi connectivity index (χ0n) is 15.7. The summed E-state index contributed by atoms with van der Waals surface area (Å²) in [6, 6.07) is 5.55. The number of anilines is 1.